The van der Waals surface area contributed by atoms with Crippen molar-refractivity contribution in [3.63, 3.8) is 0 Å². The Morgan fingerprint density at radius 1 is 1.15 bits per heavy atom. The largest absolute Gasteiger partial charge is 0.338 e. The molecule has 0 N–H and O–H groups in total. The number of hydrogen-bond donors (Lipinski definition) is 0. The summed E-state index contributed by atoms with van der Waals surface area (Å²) < 4.78 is 1.75. The predicted octanol–water partition coefficient (Wildman–Crippen LogP) is 3.60. The quantitative estimate of drug-likeness (QED) is 0.711. The Morgan fingerprint density at radius 3 is 2.62 bits per heavy atom. The van der Waals surface area contributed by atoms with E-state index in [2.05, 4.69) is 36.3 Å². The standard InChI is InChI=1S/C21H24N4O/c1-14-5-4-6-17-12-22-20(11-18(14)17)16-7-9-25(10-8-16)21(26)19-13-23-24(3)15(19)2/h4-6,11-13,16H,7-10H2,1-3H3. The van der Waals surface area contributed by atoms with E-state index in [1.54, 1.807) is 10.9 Å². The third-order valence-electron chi connectivity index (χ3n) is 5.67. The van der Waals surface area contributed by atoms with Crippen molar-refractivity contribution < 1.29 is 4.79 Å². The van der Waals surface area contributed by atoms with Gasteiger partial charge in [0.15, 0.2) is 0 Å². The number of carbonyl (C=O) groups is 1. The van der Waals surface area contributed by atoms with E-state index in [4.69, 9.17) is 4.98 Å². The fourth-order valence-electron chi connectivity index (χ4n) is 3.82. The van der Waals surface area contributed by atoms with E-state index in [-0.39, 0.29) is 5.91 Å². The molecule has 3 aromatic rings. The van der Waals surface area contributed by atoms with Crippen LogP contribution in [-0.4, -0.2) is 38.7 Å². The first-order chi connectivity index (χ1) is 12.5. The molecule has 5 nitrogen and oxygen atoms in total. The SMILES string of the molecule is Cc1cccc2cnc(C3CCN(C(=O)c4cnn(C)c4C)CC3)cc12. The van der Waals surface area contributed by atoms with E-state index >= 15 is 0 Å². The first kappa shape index (κ1) is 16.8. The molecule has 0 atom stereocenters. The van der Waals surface area contributed by atoms with E-state index in [0.717, 1.165) is 37.3 Å². The maximum Gasteiger partial charge on any atom is 0.257 e. The van der Waals surface area contributed by atoms with E-state index < -0.39 is 0 Å². The lowest BCUT2D eigenvalue weighted by Crippen LogP contribution is -2.38. The van der Waals surface area contributed by atoms with Crippen molar-refractivity contribution in [1.82, 2.24) is 19.7 Å². The van der Waals surface area contributed by atoms with Crippen molar-refractivity contribution >= 4 is 16.7 Å². The van der Waals surface area contributed by atoms with Crippen LogP contribution in [0.4, 0.5) is 0 Å². The first-order valence-corrected chi connectivity index (χ1v) is 9.17. The van der Waals surface area contributed by atoms with Crippen molar-refractivity contribution in [1.29, 1.82) is 0 Å². The number of aromatic nitrogens is 3. The van der Waals surface area contributed by atoms with Crippen LogP contribution in [0.2, 0.25) is 0 Å². The topological polar surface area (TPSA) is 51.0 Å². The molecule has 0 aliphatic carbocycles. The molecule has 1 amide bonds. The number of rotatable bonds is 2. The molecule has 1 fully saturated rings. The highest BCUT2D eigenvalue weighted by Gasteiger charge is 2.27. The smallest absolute Gasteiger partial charge is 0.257 e. The summed E-state index contributed by atoms with van der Waals surface area (Å²) in [5, 5.41) is 6.66. The molecule has 0 unspecified atom stereocenters. The molecule has 0 spiro atoms. The summed E-state index contributed by atoms with van der Waals surface area (Å²) in [6.45, 7) is 5.62. The molecule has 5 heteroatoms. The highest BCUT2D eigenvalue weighted by atomic mass is 16.2. The van der Waals surface area contributed by atoms with E-state index in [0.29, 0.717) is 11.5 Å². The molecule has 0 saturated carbocycles. The number of hydrogen-bond acceptors (Lipinski definition) is 3. The Morgan fingerprint density at radius 2 is 1.92 bits per heavy atom. The van der Waals surface area contributed by atoms with Crippen LogP contribution in [0.25, 0.3) is 10.8 Å². The highest BCUT2D eigenvalue weighted by Crippen LogP contribution is 2.30. The van der Waals surface area contributed by atoms with Gasteiger partial charge in [0.1, 0.15) is 0 Å². The van der Waals surface area contributed by atoms with E-state index in [1.165, 1.54) is 16.3 Å². The monoisotopic (exact) mass is 348 g/mol. The second-order valence-corrected chi connectivity index (χ2v) is 7.24. The fourth-order valence-corrected chi connectivity index (χ4v) is 3.82. The minimum Gasteiger partial charge on any atom is -0.338 e. The zero-order chi connectivity index (χ0) is 18.3. The molecule has 1 aliphatic rings. The van der Waals surface area contributed by atoms with E-state index in [1.807, 2.05) is 25.1 Å². The molecule has 0 radical (unpaired) electrons. The zero-order valence-electron chi connectivity index (χ0n) is 15.6. The summed E-state index contributed by atoms with van der Waals surface area (Å²) in [7, 11) is 1.87. The lowest BCUT2D eigenvalue weighted by Gasteiger charge is -2.31. The van der Waals surface area contributed by atoms with Crippen molar-refractivity contribution in [2.24, 2.45) is 7.05 Å². The molecule has 26 heavy (non-hydrogen) atoms. The minimum atomic E-state index is 0.0939. The Labute approximate surface area is 153 Å². The summed E-state index contributed by atoms with van der Waals surface area (Å²) in [4.78, 5) is 19.4. The van der Waals surface area contributed by atoms with Crippen LogP contribution in [0, 0.1) is 13.8 Å². The van der Waals surface area contributed by atoms with Crippen molar-refractivity contribution in [3.05, 3.63) is 59.2 Å². The Kier molecular flexibility index (Phi) is 4.23. The molecule has 0 bridgehead atoms. The molecule has 2 aromatic heterocycles. The van der Waals surface area contributed by atoms with Crippen molar-refractivity contribution in [2.45, 2.75) is 32.6 Å². The number of likely N-dealkylation sites (tertiary alicyclic amines) is 1. The van der Waals surface area contributed by atoms with Crippen molar-refractivity contribution in [3.8, 4) is 0 Å². The van der Waals surface area contributed by atoms with Crippen LogP contribution in [-0.2, 0) is 7.05 Å². The Balaban J connectivity index is 1.49. The molecule has 1 aromatic carbocycles. The van der Waals surface area contributed by atoms with Crippen LogP contribution in [0.1, 0.15) is 46.1 Å². The lowest BCUT2D eigenvalue weighted by atomic mass is 9.91. The summed E-state index contributed by atoms with van der Waals surface area (Å²) in [5.74, 6) is 0.509. The van der Waals surface area contributed by atoms with Gasteiger partial charge in [0.25, 0.3) is 5.91 Å². The lowest BCUT2D eigenvalue weighted by molar-refractivity contribution is 0.0711. The predicted molar refractivity (Wildman–Crippen MR) is 102 cm³/mol. The number of aryl methyl sites for hydroxylation is 2. The molecule has 1 saturated heterocycles. The van der Waals surface area contributed by atoms with Crippen LogP contribution >= 0.6 is 0 Å². The number of carbonyl (C=O) groups excluding carboxylic acids is 1. The van der Waals surface area contributed by atoms with Gasteiger partial charge in [0.05, 0.1) is 11.8 Å². The fraction of sp³-hybridized carbons (Fsp3) is 0.381. The van der Waals surface area contributed by atoms with Crippen LogP contribution in [0.5, 0.6) is 0 Å². The maximum atomic E-state index is 12.8. The number of amides is 1. The number of piperidine rings is 1. The van der Waals surface area contributed by atoms with Gasteiger partial charge in [-0.25, -0.2) is 0 Å². The normalized spacial score (nSPS) is 15.6. The maximum absolute atomic E-state index is 12.8. The summed E-state index contributed by atoms with van der Waals surface area (Å²) >= 11 is 0. The second kappa shape index (κ2) is 6.56. The van der Waals surface area contributed by atoms with Gasteiger partial charge in [0, 0.05) is 49.0 Å². The molecule has 4 rings (SSSR count). The van der Waals surface area contributed by atoms with Gasteiger partial charge in [-0.15, -0.1) is 0 Å². The third kappa shape index (κ3) is 2.87. The van der Waals surface area contributed by atoms with Gasteiger partial charge >= 0.3 is 0 Å². The van der Waals surface area contributed by atoms with Gasteiger partial charge < -0.3 is 4.90 Å². The second-order valence-electron chi connectivity index (χ2n) is 7.24. The van der Waals surface area contributed by atoms with Gasteiger partial charge in [-0.1, -0.05) is 18.2 Å². The average Bonchev–Trinajstić information content (AvgIpc) is 3.00. The molecular weight excluding hydrogens is 324 g/mol. The van der Waals surface area contributed by atoms with Gasteiger partial charge in [-0.2, -0.15) is 5.10 Å². The highest BCUT2D eigenvalue weighted by molar-refractivity contribution is 5.95. The number of benzene rings is 1. The Bertz CT molecular complexity index is 967. The van der Waals surface area contributed by atoms with Gasteiger partial charge in [0.2, 0.25) is 0 Å². The first-order valence-electron chi connectivity index (χ1n) is 9.17. The molecular formula is C21H24N4O. The summed E-state index contributed by atoms with van der Waals surface area (Å²) in [5.41, 5.74) is 4.07. The Hall–Kier alpha value is -2.69. The minimum absolute atomic E-state index is 0.0939. The molecule has 3 heterocycles. The van der Waals surface area contributed by atoms with E-state index in [9.17, 15) is 4.79 Å². The van der Waals surface area contributed by atoms with Crippen LogP contribution < -0.4 is 0 Å². The average molecular weight is 348 g/mol. The summed E-state index contributed by atoms with van der Waals surface area (Å²) in [6, 6.07) is 8.56. The molecule has 1 aliphatic heterocycles. The van der Waals surface area contributed by atoms with Gasteiger partial charge in [-0.3, -0.25) is 14.5 Å². The number of nitrogens with zero attached hydrogens (tertiary/aromatic N) is 4. The summed E-state index contributed by atoms with van der Waals surface area (Å²) in [6.07, 6.45) is 5.57. The zero-order valence-corrected chi connectivity index (χ0v) is 15.6. The van der Waals surface area contributed by atoms with Gasteiger partial charge in [-0.05, 0) is 43.7 Å². The van der Waals surface area contributed by atoms with Crippen LogP contribution in [0.3, 0.4) is 0 Å². The molecule has 134 valence electrons. The van der Waals surface area contributed by atoms with Crippen molar-refractivity contribution in [2.75, 3.05) is 13.1 Å². The third-order valence-corrected chi connectivity index (χ3v) is 5.67. The van der Waals surface area contributed by atoms with Crippen LogP contribution in [0.15, 0.2) is 36.7 Å². The number of fused-ring (bicyclic) bond motifs is 1. The number of pyridine rings is 1.